The van der Waals surface area contributed by atoms with Gasteiger partial charge in [-0.3, -0.25) is 14.6 Å². The maximum absolute atomic E-state index is 12.7. The molecule has 2 fully saturated rings. The van der Waals surface area contributed by atoms with Gasteiger partial charge in [-0.05, 0) is 56.3 Å². The third-order valence-corrected chi connectivity index (χ3v) is 6.98. The molecule has 0 radical (unpaired) electrons. The summed E-state index contributed by atoms with van der Waals surface area (Å²) in [6.45, 7) is 5.83. The van der Waals surface area contributed by atoms with Crippen LogP contribution in [-0.4, -0.2) is 59.3 Å². The number of piperidine rings is 2. The molecule has 1 atom stereocenters. The Balaban J connectivity index is 1.39. The Labute approximate surface area is 200 Å². The van der Waals surface area contributed by atoms with Crippen LogP contribution in [0.4, 0.5) is 5.82 Å². The Morgan fingerprint density at radius 2 is 2.06 bits per heavy atom. The fourth-order valence-corrected chi connectivity index (χ4v) is 4.81. The van der Waals surface area contributed by atoms with Crippen molar-refractivity contribution in [2.24, 2.45) is 11.8 Å². The molecule has 4 rings (SSSR count). The number of nitrogens with one attached hydrogen (secondary N) is 2. The van der Waals surface area contributed by atoms with Crippen molar-refractivity contribution < 1.29 is 9.59 Å². The summed E-state index contributed by atoms with van der Waals surface area (Å²) in [4.78, 5) is 35.3. The van der Waals surface area contributed by atoms with E-state index < -0.39 is 0 Å². The molecule has 7 nitrogen and oxygen atoms in total. The van der Waals surface area contributed by atoms with Gasteiger partial charge < -0.3 is 15.5 Å². The molecule has 176 valence electrons. The summed E-state index contributed by atoms with van der Waals surface area (Å²) < 4.78 is 0. The van der Waals surface area contributed by atoms with Gasteiger partial charge in [0.15, 0.2) is 0 Å². The molecule has 2 saturated heterocycles. The van der Waals surface area contributed by atoms with Crippen molar-refractivity contribution >= 4 is 29.1 Å². The average molecular weight is 470 g/mol. The number of anilines is 1. The van der Waals surface area contributed by atoms with E-state index in [1.54, 1.807) is 13.1 Å². The molecular weight excluding hydrogens is 438 g/mol. The number of carbonyl (C=O) groups excluding carboxylic acids is 2. The molecule has 0 saturated carbocycles. The van der Waals surface area contributed by atoms with Gasteiger partial charge in [0.1, 0.15) is 11.6 Å². The van der Waals surface area contributed by atoms with E-state index in [0.717, 1.165) is 81.2 Å². The first-order valence-corrected chi connectivity index (χ1v) is 12.2. The van der Waals surface area contributed by atoms with Gasteiger partial charge in [0, 0.05) is 62.9 Å². The fraction of sp³-hybridized carbons (Fsp3) is 0.520. The van der Waals surface area contributed by atoms with Gasteiger partial charge in [-0.1, -0.05) is 17.7 Å². The molecule has 33 heavy (non-hydrogen) atoms. The maximum Gasteiger partial charge on any atom is 0.219 e. The van der Waals surface area contributed by atoms with Crippen LogP contribution in [-0.2, 0) is 16.0 Å². The molecule has 8 heteroatoms. The number of hydrogen-bond acceptors (Lipinski definition) is 6. The molecule has 1 amide bonds. The smallest absolute Gasteiger partial charge is 0.219 e. The summed E-state index contributed by atoms with van der Waals surface area (Å²) in [5.74, 6) is 1.75. The number of carbonyl (C=O) groups is 2. The van der Waals surface area contributed by atoms with Crippen LogP contribution in [0, 0.1) is 11.8 Å². The SMILES string of the molecule is CC(=O)N1CCC(CNc2cccc(-c3cc(CC(=O)[C@@H]4CCCNC4)ncc3Cl)n2)CC1. The number of amides is 1. The molecular formula is C25H32ClN5O2. The number of rotatable bonds is 7. The Kier molecular flexibility index (Phi) is 7.93. The lowest BCUT2D eigenvalue weighted by molar-refractivity contribution is -0.130. The van der Waals surface area contributed by atoms with Crippen molar-refractivity contribution in [3.63, 3.8) is 0 Å². The largest absolute Gasteiger partial charge is 0.370 e. The van der Waals surface area contributed by atoms with Gasteiger partial charge in [-0.15, -0.1) is 0 Å². The predicted octanol–water partition coefficient (Wildman–Crippen LogP) is 3.58. The Bertz CT molecular complexity index is 985. The summed E-state index contributed by atoms with van der Waals surface area (Å²) >= 11 is 6.46. The molecule has 4 heterocycles. The molecule has 2 aliphatic rings. The molecule has 2 aromatic heterocycles. The maximum atomic E-state index is 12.7. The Morgan fingerprint density at radius 3 is 2.79 bits per heavy atom. The van der Waals surface area contributed by atoms with Crippen LogP contribution in [0.5, 0.6) is 0 Å². The van der Waals surface area contributed by atoms with E-state index in [4.69, 9.17) is 16.6 Å². The van der Waals surface area contributed by atoms with E-state index in [0.29, 0.717) is 17.4 Å². The molecule has 0 spiro atoms. The zero-order valence-corrected chi connectivity index (χ0v) is 19.9. The van der Waals surface area contributed by atoms with Crippen LogP contribution in [0.3, 0.4) is 0 Å². The van der Waals surface area contributed by atoms with Crippen molar-refractivity contribution in [1.82, 2.24) is 20.2 Å². The molecule has 0 bridgehead atoms. The third-order valence-electron chi connectivity index (χ3n) is 6.68. The van der Waals surface area contributed by atoms with E-state index in [-0.39, 0.29) is 17.6 Å². The first-order valence-electron chi connectivity index (χ1n) is 11.8. The van der Waals surface area contributed by atoms with Crippen LogP contribution in [0.1, 0.15) is 38.3 Å². The first-order chi connectivity index (χ1) is 16.0. The number of aromatic nitrogens is 2. The molecule has 0 aliphatic carbocycles. The van der Waals surface area contributed by atoms with Gasteiger partial charge in [0.05, 0.1) is 10.7 Å². The van der Waals surface area contributed by atoms with Crippen molar-refractivity contribution in [3.05, 3.63) is 41.2 Å². The highest BCUT2D eigenvalue weighted by Crippen LogP contribution is 2.28. The average Bonchev–Trinajstić information content (AvgIpc) is 2.85. The number of halogens is 1. The normalized spacial score (nSPS) is 19.3. The lowest BCUT2D eigenvalue weighted by Gasteiger charge is -2.31. The van der Waals surface area contributed by atoms with Crippen molar-refractivity contribution in [2.75, 3.05) is 38.0 Å². The number of Topliss-reactive ketones (excluding diaryl/α,β-unsaturated/α-hetero) is 1. The quantitative estimate of drug-likeness (QED) is 0.644. The third kappa shape index (κ3) is 6.30. The minimum absolute atomic E-state index is 0.0626. The summed E-state index contributed by atoms with van der Waals surface area (Å²) in [5.41, 5.74) is 2.27. The Morgan fingerprint density at radius 1 is 1.24 bits per heavy atom. The number of pyridine rings is 2. The highest BCUT2D eigenvalue weighted by molar-refractivity contribution is 6.33. The first kappa shape index (κ1) is 23.6. The van der Waals surface area contributed by atoms with Gasteiger partial charge in [0.25, 0.3) is 0 Å². The molecule has 0 unspecified atom stereocenters. The van der Waals surface area contributed by atoms with E-state index in [2.05, 4.69) is 15.6 Å². The minimum atomic E-state index is 0.0626. The highest BCUT2D eigenvalue weighted by atomic mass is 35.5. The molecule has 2 aromatic rings. The van der Waals surface area contributed by atoms with Crippen LogP contribution in [0.2, 0.25) is 5.02 Å². The van der Waals surface area contributed by atoms with E-state index in [1.165, 1.54) is 0 Å². The summed E-state index contributed by atoms with van der Waals surface area (Å²) in [6, 6.07) is 7.72. The minimum Gasteiger partial charge on any atom is -0.370 e. The van der Waals surface area contributed by atoms with Crippen LogP contribution >= 0.6 is 11.6 Å². The van der Waals surface area contributed by atoms with E-state index in [1.807, 2.05) is 29.2 Å². The zero-order valence-electron chi connectivity index (χ0n) is 19.1. The number of nitrogens with zero attached hydrogens (tertiary/aromatic N) is 3. The van der Waals surface area contributed by atoms with Crippen LogP contribution < -0.4 is 10.6 Å². The zero-order chi connectivity index (χ0) is 23.2. The summed E-state index contributed by atoms with van der Waals surface area (Å²) in [5, 5.41) is 7.26. The van der Waals surface area contributed by atoms with Gasteiger partial charge in [-0.2, -0.15) is 0 Å². The molecule has 2 N–H and O–H groups in total. The standard InChI is InChI=1S/C25H32ClN5O2/c1-17(32)31-10-7-18(8-11-31)14-29-25-6-2-5-23(30-25)21-12-20(28-16-22(21)26)13-24(33)19-4-3-9-27-15-19/h2,5-6,12,16,18-19,27H,3-4,7-11,13-15H2,1H3,(H,29,30)/t19-/m1/s1. The fourth-order valence-electron chi connectivity index (χ4n) is 4.61. The van der Waals surface area contributed by atoms with Crippen molar-refractivity contribution in [3.8, 4) is 11.3 Å². The monoisotopic (exact) mass is 469 g/mol. The number of likely N-dealkylation sites (tertiary alicyclic amines) is 1. The number of ketones is 1. The van der Waals surface area contributed by atoms with Gasteiger partial charge in [0.2, 0.25) is 5.91 Å². The molecule has 2 aliphatic heterocycles. The van der Waals surface area contributed by atoms with Crippen molar-refractivity contribution in [1.29, 1.82) is 0 Å². The second-order valence-corrected chi connectivity index (χ2v) is 9.49. The highest BCUT2D eigenvalue weighted by Gasteiger charge is 2.22. The van der Waals surface area contributed by atoms with Gasteiger partial charge in [-0.25, -0.2) is 4.98 Å². The van der Waals surface area contributed by atoms with Gasteiger partial charge >= 0.3 is 0 Å². The van der Waals surface area contributed by atoms with Crippen LogP contribution in [0.15, 0.2) is 30.5 Å². The predicted molar refractivity (Wildman–Crippen MR) is 130 cm³/mol. The second kappa shape index (κ2) is 11.1. The lowest BCUT2D eigenvalue weighted by Crippen LogP contribution is -2.38. The molecule has 0 aromatic carbocycles. The Hall–Kier alpha value is -2.51. The van der Waals surface area contributed by atoms with E-state index >= 15 is 0 Å². The summed E-state index contributed by atoms with van der Waals surface area (Å²) in [7, 11) is 0. The van der Waals surface area contributed by atoms with Crippen molar-refractivity contribution in [2.45, 2.75) is 39.0 Å². The van der Waals surface area contributed by atoms with Crippen LogP contribution in [0.25, 0.3) is 11.3 Å². The summed E-state index contributed by atoms with van der Waals surface area (Å²) in [6.07, 6.45) is 5.90. The lowest BCUT2D eigenvalue weighted by atomic mass is 9.92. The second-order valence-electron chi connectivity index (χ2n) is 9.08. The number of hydrogen-bond donors (Lipinski definition) is 2. The van der Waals surface area contributed by atoms with E-state index in [9.17, 15) is 9.59 Å². The topological polar surface area (TPSA) is 87.2 Å².